The van der Waals surface area contributed by atoms with E-state index in [2.05, 4.69) is 14.8 Å². The van der Waals surface area contributed by atoms with Crippen LogP contribution in [0.15, 0.2) is 23.2 Å². The van der Waals surface area contributed by atoms with E-state index in [0.717, 1.165) is 6.40 Å². The predicted octanol–water partition coefficient (Wildman–Crippen LogP) is 2.14. The molecule has 0 unspecified atom stereocenters. The summed E-state index contributed by atoms with van der Waals surface area (Å²) in [6.07, 6.45) is 1.84. The lowest BCUT2D eigenvalue weighted by Gasteiger charge is -2.02. The number of benzene rings is 1. The molecule has 1 aromatic rings. The first-order valence-electron chi connectivity index (χ1n) is 4.75. The van der Waals surface area contributed by atoms with E-state index in [0.29, 0.717) is 29.9 Å². The molecular weight excluding hydrogens is 210 g/mol. The lowest BCUT2D eigenvalue weighted by molar-refractivity contribution is -0.211. The largest absolute Gasteiger partial charge is 0.497 e. The summed E-state index contributed by atoms with van der Waals surface area (Å²) in [5, 5.41) is 0. The van der Waals surface area contributed by atoms with Crippen LogP contribution in [0.5, 0.6) is 5.75 Å². The average Bonchev–Trinajstić information content (AvgIpc) is 2.34. The summed E-state index contributed by atoms with van der Waals surface area (Å²) in [7, 11) is 1.53. The number of ether oxygens (including phenoxy) is 1. The number of hydrogen-bond donors (Lipinski definition) is 0. The summed E-state index contributed by atoms with van der Waals surface area (Å²) in [6.45, 7) is 2.22. The fraction of sp³-hybridized carbons (Fsp3) is 0.273. The van der Waals surface area contributed by atoms with E-state index in [1.807, 2.05) is 0 Å². The van der Waals surface area contributed by atoms with Crippen molar-refractivity contribution < 1.29 is 19.3 Å². The number of rotatable bonds is 6. The lowest BCUT2D eigenvalue weighted by atomic mass is 10.2. The zero-order chi connectivity index (χ0) is 11.8. The molecule has 0 aromatic heterocycles. The topological polar surface area (TPSA) is 57.1 Å². The van der Waals surface area contributed by atoms with E-state index in [4.69, 9.17) is 4.74 Å². The van der Waals surface area contributed by atoms with Crippen molar-refractivity contribution in [3.05, 3.63) is 23.8 Å². The first-order valence-corrected chi connectivity index (χ1v) is 4.75. The second-order valence-electron chi connectivity index (χ2n) is 2.78. The van der Waals surface area contributed by atoms with Crippen molar-refractivity contribution in [1.29, 1.82) is 0 Å². The SMILES string of the molecule is CCOOC=Nc1ccc(OC)cc1C=O. The van der Waals surface area contributed by atoms with Crippen LogP contribution >= 0.6 is 0 Å². The molecule has 0 saturated carbocycles. The zero-order valence-corrected chi connectivity index (χ0v) is 9.17. The van der Waals surface area contributed by atoms with E-state index in [-0.39, 0.29) is 0 Å². The smallest absolute Gasteiger partial charge is 0.219 e. The zero-order valence-electron chi connectivity index (χ0n) is 9.17. The standard InChI is InChI=1S/C11H13NO4/c1-3-15-16-8-12-11-5-4-10(14-2)6-9(11)7-13/h4-8H,3H2,1-2H3. The van der Waals surface area contributed by atoms with Gasteiger partial charge < -0.3 is 9.62 Å². The molecule has 16 heavy (non-hydrogen) atoms. The monoisotopic (exact) mass is 223 g/mol. The molecule has 0 spiro atoms. The van der Waals surface area contributed by atoms with Gasteiger partial charge >= 0.3 is 0 Å². The third-order valence-corrected chi connectivity index (χ3v) is 1.78. The van der Waals surface area contributed by atoms with Crippen LogP contribution in [0.1, 0.15) is 17.3 Å². The molecule has 0 fully saturated rings. The van der Waals surface area contributed by atoms with Crippen molar-refractivity contribution in [1.82, 2.24) is 0 Å². The molecule has 86 valence electrons. The molecule has 0 saturated heterocycles. The Morgan fingerprint density at radius 3 is 2.88 bits per heavy atom. The van der Waals surface area contributed by atoms with E-state index in [1.54, 1.807) is 25.1 Å². The molecule has 0 atom stereocenters. The molecule has 0 bridgehead atoms. The Morgan fingerprint density at radius 2 is 2.25 bits per heavy atom. The molecule has 0 heterocycles. The summed E-state index contributed by atoms with van der Waals surface area (Å²) in [6, 6.07) is 4.97. The molecule has 0 aliphatic rings. The van der Waals surface area contributed by atoms with Gasteiger partial charge in [-0.2, -0.15) is 4.89 Å². The van der Waals surface area contributed by atoms with Gasteiger partial charge in [0.2, 0.25) is 6.40 Å². The van der Waals surface area contributed by atoms with Crippen molar-refractivity contribution >= 4 is 18.4 Å². The Morgan fingerprint density at radius 1 is 1.44 bits per heavy atom. The van der Waals surface area contributed by atoms with Crippen molar-refractivity contribution in [3.8, 4) is 5.75 Å². The summed E-state index contributed by atoms with van der Waals surface area (Å²) in [4.78, 5) is 23.9. The maximum absolute atomic E-state index is 10.8. The van der Waals surface area contributed by atoms with Crippen LogP contribution in [-0.4, -0.2) is 26.4 Å². The van der Waals surface area contributed by atoms with E-state index in [9.17, 15) is 4.79 Å². The van der Waals surface area contributed by atoms with Gasteiger partial charge in [-0.05, 0) is 25.1 Å². The van der Waals surface area contributed by atoms with Crippen LogP contribution in [0.4, 0.5) is 5.69 Å². The molecule has 0 aliphatic carbocycles. The highest BCUT2D eigenvalue weighted by Crippen LogP contribution is 2.22. The quantitative estimate of drug-likeness (QED) is 0.185. The van der Waals surface area contributed by atoms with E-state index in [1.165, 1.54) is 7.11 Å². The highest BCUT2D eigenvalue weighted by Gasteiger charge is 2.01. The highest BCUT2D eigenvalue weighted by molar-refractivity contribution is 5.84. The molecule has 1 rings (SSSR count). The Labute approximate surface area is 93.6 Å². The Bertz CT molecular complexity index is 376. The molecule has 0 amide bonds. The number of carbonyl (C=O) groups is 1. The number of carbonyl (C=O) groups excluding carboxylic acids is 1. The molecular formula is C11H13NO4. The number of hydrogen-bond acceptors (Lipinski definition) is 5. The van der Waals surface area contributed by atoms with E-state index >= 15 is 0 Å². The Hall–Kier alpha value is -1.88. The Kier molecular flexibility index (Phi) is 5.01. The number of aliphatic imine (C=N–C) groups is 1. The van der Waals surface area contributed by atoms with Crippen LogP contribution in [0.25, 0.3) is 0 Å². The fourth-order valence-corrected chi connectivity index (χ4v) is 1.05. The van der Waals surface area contributed by atoms with Crippen molar-refractivity contribution in [3.63, 3.8) is 0 Å². The summed E-state index contributed by atoms with van der Waals surface area (Å²) in [5.41, 5.74) is 0.922. The third-order valence-electron chi connectivity index (χ3n) is 1.78. The van der Waals surface area contributed by atoms with Gasteiger partial charge in [-0.3, -0.25) is 4.79 Å². The van der Waals surface area contributed by atoms with Gasteiger partial charge in [0.15, 0.2) is 6.29 Å². The van der Waals surface area contributed by atoms with Crippen molar-refractivity contribution in [2.24, 2.45) is 4.99 Å². The van der Waals surface area contributed by atoms with Gasteiger partial charge in [0.1, 0.15) is 5.75 Å². The molecule has 0 N–H and O–H groups in total. The van der Waals surface area contributed by atoms with Gasteiger partial charge in [-0.15, -0.1) is 0 Å². The third kappa shape index (κ3) is 3.36. The second kappa shape index (κ2) is 6.58. The maximum atomic E-state index is 10.8. The maximum Gasteiger partial charge on any atom is 0.219 e. The first-order chi connectivity index (χ1) is 7.81. The number of aldehydes is 1. The van der Waals surface area contributed by atoms with Crippen molar-refractivity contribution in [2.75, 3.05) is 13.7 Å². The van der Waals surface area contributed by atoms with E-state index < -0.39 is 0 Å². The predicted molar refractivity (Wildman–Crippen MR) is 59.2 cm³/mol. The minimum absolute atomic E-state index is 0.426. The Balaban J connectivity index is 2.79. The van der Waals surface area contributed by atoms with Crippen LogP contribution in [0, 0.1) is 0 Å². The normalized spacial score (nSPS) is 10.4. The van der Waals surface area contributed by atoms with Crippen LogP contribution in [-0.2, 0) is 9.78 Å². The van der Waals surface area contributed by atoms with Gasteiger partial charge in [-0.25, -0.2) is 4.99 Å². The summed E-state index contributed by atoms with van der Waals surface area (Å²) in [5.74, 6) is 0.603. The van der Waals surface area contributed by atoms with Gasteiger partial charge in [0.25, 0.3) is 0 Å². The number of nitrogens with zero attached hydrogens (tertiary/aromatic N) is 1. The van der Waals surface area contributed by atoms with Crippen LogP contribution < -0.4 is 4.74 Å². The molecule has 5 nitrogen and oxygen atoms in total. The highest BCUT2D eigenvalue weighted by atomic mass is 17.2. The number of methoxy groups -OCH3 is 1. The average molecular weight is 223 g/mol. The molecule has 1 aromatic carbocycles. The molecule has 0 aliphatic heterocycles. The lowest BCUT2D eigenvalue weighted by Crippen LogP contribution is -1.91. The fourth-order valence-electron chi connectivity index (χ4n) is 1.05. The van der Waals surface area contributed by atoms with Gasteiger partial charge in [0, 0.05) is 5.56 Å². The van der Waals surface area contributed by atoms with Gasteiger partial charge in [-0.1, -0.05) is 0 Å². The van der Waals surface area contributed by atoms with Crippen LogP contribution in [0.2, 0.25) is 0 Å². The summed E-state index contributed by atoms with van der Waals surface area (Å²) >= 11 is 0. The van der Waals surface area contributed by atoms with Gasteiger partial charge in [0.05, 0.1) is 19.4 Å². The minimum Gasteiger partial charge on any atom is -0.497 e. The van der Waals surface area contributed by atoms with Crippen LogP contribution in [0.3, 0.4) is 0 Å². The second-order valence-corrected chi connectivity index (χ2v) is 2.78. The van der Waals surface area contributed by atoms with Crippen molar-refractivity contribution in [2.45, 2.75) is 6.92 Å². The molecule has 5 heteroatoms. The summed E-state index contributed by atoms with van der Waals surface area (Å²) < 4.78 is 4.99. The molecule has 0 radical (unpaired) electrons. The first kappa shape index (κ1) is 12.2. The minimum atomic E-state index is 0.426.